The fraction of sp³-hybridized carbons (Fsp3) is 0.533. The highest BCUT2D eigenvalue weighted by Gasteiger charge is 2.39. The van der Waals surface area contributed by atoms with E-state index in [9.17, 15) is 15.1 Å². The molecule has 0 fully saturated rings. The summed E-state index contributed by atoms with van der Waals surface area (Å²) in [5.41, 5.74) is 1.86. The van der Waals surface area contributed by atoms with E-state index in [0.717, 1.165) is 6.42 Å². The topological polar surface area (TPSA) is 69.6 Å². The molecule has 2 unspecified atom stereocenters. The van der Waals surface area contributed by atoms with E-state index in [1.165, 1.54) is 5.56 Å². The molecule has 0 bridgehead atoms. The number of benzene rings is 1. The van der Waals surface area contributed by atoms with Gasteiger partial charge < -0.3 is 9.90 Å². The van der Waals surface area contributed by atoms with Crippen molar-refractivity contribution in [1.29, 1.82) is 0 Å². The zero-order valence-corrected chi connectivity index (χ0v) is 12.5. The number of hydroxylamine groups is 4. The molecule has 0 aliphatic heterocycles. The minimum Gasteiger partial charge on any atom is -0.494 e. The van der Waals surface area contributed by atoms with Gasteiger partial charge in [-0.05, 0) is 31.7 Å². The Labute approximate surface area is 119 Å². The maximum absolute atomic E-state index is 11.1. The molecule has 5 heteroatoms. The van der Waals surface area contributed by atoms with Crippen LogP contribution >= 0.6 is 0 Å². The Hall–Kier alpha value is -1.43. The van der Waals surface area contributed by atoms with Gasteiger partial charge >= 0.3 is 6.09 Å². The molecule has 1 aromatic rings. The van der Waals surface area contributed by atoms with Gasteiger partial charge in [-0.15, -0.1) is 0 Å². The second-order valence-corrected chi connectivity index (χ2v) is 5.32. The molecule has 1 rings (SSSR count). The summed E-state index contributed by atoms with van der Waals surface area (Å²) >= 11 is 0. The summed E-state index contributed by atoms with van der Waals surface area (Å²) in [5.74, 6) is 0.553. The van der Waals surface area contributed by atoms with E-state index in [1.54, 1.807) is 13.8 Å². The fourth-order valence-corrected chi connectivity index (χ4v) is 2.13. The molecule has 1 N–H and O–H groups in total. The number of nitrogens with zero attached hydrogens (tertiary/aromatic N) is 1. The molecule has 0 aromatic heterocycles. The van der Waals surface area contributed by atoms with Crippen LogP contribution in [0.25, 0.3) is 0 Å². The highest BCUT2D eigenvalue weighted by atomic mass is 16.9. The lowest BCUT2D eigenvalue weighted by molar-refractivity contribution is -1.22. The largest absolute Gasteiger partial charge is 0.494 e. The van der Waals surface area contributed by atoms with E-state index in [0.29, 0.717) is 11.5 Å². The van der Waals surface area contributed by atoms with Crippen LogP contribution in [0.1, 0.15) is 44.9 Å². The van der Waals surface area contributed by atoms with Crippen molar-refractivity contribution in [3.05, 3.63) is 35.4 Å². The van der Waals surface area contributed by atoms with Gasteiger partial charge in [-0.2, -0.15) is 10.0 Å². The molecular formula is C15H23NO4. The number of quaternary nitrogens is 1. The number of carbonyl (C=O) groups excluding carboxylic acids is 1. The van der Waals surface area contributed by atoms with E-state index in [4.69, 9.17) is 4.84 Å². The molecule has 112 valence electrons. The maximum atomic E-state index is 11.1. The van der Waals surface area contributed by atoms with Crippen LogP contribution in [-0.2, 0) is 11.3 Å². The van der Waals surface area contributed by atoms with Crippen molar-refractivity contribution in [2.24, 2.45) is 5.92 Å². The first-order valence-corrected chi connectivity index (χ1v) is 6.87. The number of rotatable bonds is 6. The van der Waals surface area contributed by atoms with E-state index in [2.05, 4.69) is 13.8 Å². The number of amides is 1. The lowest BCUT2D eigenvalue weighted by Crippen LogP contribution is -2.57. The fourth-order valence-electron chi connectivity index (χ4n) is 2.13. The Morgan fingerprint density at radius 1 is 1.30 bits per heavy atom. The first kappa shape index (κ1) is 16.6. The summed E-state index contributed by atoms with van der Waals surface area (Å²) in [4.78, 5) is 14.5. The SMILES string of the molecule is CCO[N+](O)(C(=O)[O-])C(C)c1ccc(CC(C)C)cc1. The molecule has 0 saturated carbocycles. The third kappa shape index (κ3) is 3.79. The van der Waals surface area contributed by atoms with Gasteiger partial charge in [-0.3, -0.25) is 0 Å². The summed E-state index contributed by atoms with van der Waals surface area (Å²) in [6.07, 6.45) is -0.717. The van der Waals surface area contributed by atoms with Crippen LogP contribution in [0.4, 0.5) is 4.79 Å². The lowest BCUT2D eigenvalue weighted by Gasteiger charge is -2.31. The van der Waals surface area contributed by atoms with Crippen LogP contribution in [0.15, 0.2) is 24.3 Å². The van der Waals surface area contributed by atoms with Crippen molar-refractivity contribution in [2.75, 3.05) is 6.61 Å². The van der Waals surface area contributed by atoms with Gasteiger partial charge in [0.25, 0.3) is 0 Å². The van der Waals surface area contributed by atoms with E-state index in [-0.39, 0.29) is 6.61 Å². The van der Waals surface area contributed by atoms with Crippen molar-refractivity contribution >= 4 is 6.09 Å². The van der Waals surface area contributed by atoms with Gasteiger partial charge in [0, 0.05) is 10.4 Å². The molecule has 0 spiro atoms. The van der Waals surface area contributed by atoms with E-state index >= 15 is 0 Å². The molecule has 1 amide bonds. The number of hydrogen-bond acceptors (Lipinski definition) is 4. The Balaban J connectivity index is 2.95. The Morgan fingerprint density at radius 2 is 1.85 bits per heavy atom. The van der Waals surface area contributed by atoms with Gasteiger partial charge in [-0.25, -0.2) is 0 Å². The van der Waals surface area contributed by atoms with E-state index in [1.807, 2.05) is 24.3 Å². The second-order valence-electron chi connectivity index (χ2n) is 5.32. The lowest BCUT2D eigenvalue weighted by atomic mass is 10.00. The molecule has 0 aliphatic carbocycles. The Bertz CT molecular complexity index is 444. The highest BCUT2D eigenvalue weighted by molar-refractivity contribution is 5.52. The van der Waals surface area contributed by atoms with Crippen LogP contribution in [0.3, 0.4) is 0 Å². The zero-order valence-electron chi connectivity index (χ0n) is 12.5. The minimum atomic E-state index is -1.68. The average Bonchev–Trinajstić information content (AvgIpc) is 2.38. The molecule has 20 heavy (non-hydrogen) atoms. The summed E-state index contributed by atoms with van der Waals surface area (Å²) in [6, 6.07) is 6.74. The molecule has 0 saturated heterocycles. The molecular weight excluding hydrogens is 258 g/mol. The van der Waals surface area contributed by atoms with Crippen LogP contribution in [0.5, 0.6) is 0 Å². The number of hydrogen-bond donors (Lipinski definition) is 1. The van der Waals surface area contributed by atoms with Gasteiger partial charge in [0.2, 0.25) is 0 Å². The third-order valence-electron chi connectivity index (χ3n) is 3.22. The summed E-state index contributed by atoms with van der Waals surface area (Å²) < 4.78 is 0. The predicted molar refractivity (Wildman–Crippen MR) is 72.5 cm³/mol. The van der Waals surface area contributed by atoms with Crippen LogP contribution in [0, 0.1) is 5.92 Å². The summed E-state index contributed by atoms with van der Waals surface area (Å²) in [5, 5.41) is 21.2. The van der Waals surface area contributed by atoms with Crippen LogP contribution in [-0.4, -0.2) is 22.7 Å². The van der Waals surface area contributed by atoms with Gasteiger partial charge in [0.15, 0.2) is 6.04 Å². The van der Waals surface area contributed by atoms with Crippen LogP contribution in [0.2, 0.25) is 0 Å². The summed E-state index contributed by atoms with van der Waals surface area (Å²) in [6.45, 7) is 7.54. The second kappa shape index (κ2) is 6.83. The standard InChI is InChI=1S/C15H23NO4/c1-5-20-16(19,15(17)18)12(4)14-8-6-13(7-9-14)10-11(2)3/h6-9,11-12,19H,5,10H2,1-4H3. The van der Waals surface area contributed by atoms with Gasteiger partial charge in [0.1, 0.15) is 6.61 Å². The summed E-state index contributed by atoms with van der Waals surface area (Å²) in [7, 11) is 0. The molecule has 0 heterocycles. The molecule has 1 aromatic carbocycles. The quantitative estimate of drug-likeness (QED) is 0.494. The average molecular weight is 281 g/mol. The molecule has 0 aliphatic rings. The predicted octanol–water partition coefficient (Wildman–Crippen LogP) is 2.45. The smallest absolute Gasteiger partial charge is 0.328 e. The first-order chi connectivity index (χ1) is 9.31. The van der Waals surface area contributed by atoms with Gasteiger partial charge in [-0.1, -0.05) is 38.1 Å². The van der Waals surface area contributed by atoms with Gasteiger partial charge in [0.05, 0.1) is 0 Å². The monoisotopic (exact) mass is 281 g/mol. The maximum Gasteiger partial charge on any atom is 0.328 e. The van der Waals surface area contributed by atoms with Crippen LogP contribution < -0.4 is 5.11 Å². The van der Waals surface area contributed by atoms with Crippen molar-refractivity contribution in [3.63, 3.8) is 0 Å². The highest BCUT2D eigenvalue weighted by Crippen LogP contribution is 2.27. The number of carbonyl (C=O) groups is 1. The third-order valence-corrected chi connectivity index (χ3v) is 3.22. The Morgan fingerprint density at radius 3 is 2.25 bits per heavy atom. The molecule has 5 nitrogen and oxygen atoms in total. The van der Waals surface area contributed by atoms with Crippen molar-refractivity contribution in [1.82, 2.24) is 0 Å². The normalized spacial score (nSPS) is 15.9. The Kier molecular flexibility index (Phi) is 5.68. The van der Waals surface area contributed by atoms with Crippen molar-refractivity contribution < 1.29 is 24.8 Å². The number of carboxylic acid groups (broad SMARTS) is 1. The van der Waals surface area contributed by atoms with Crippen molar-refractivity contribution in [3.8, 4) is 0 Å². The van der Waals surface area contributed by atoms with Crippen molar-refractivity contribution in [2.45, 2.75) is 40.2 Å². The molecule has 2 atom stereocenters. The minimum absolute atomic E-state index is 0.0697. The first-order valence-electron chi connectivity index (χ1n) is 6.87. The zero-order chi connectivity index (χ0) is 15.3. The van der Waals surface area contributed by atoms with E-state index < -0.39 is 16.9 Å². The molecule has 0 radical (unpaired) electrons.